The summed E-state index contributed by atoms with van der Waals surface area (Å²) in [6.45, 7) is 6.98. The number of hydrogen-bond donors (Lipinski definition) is 0. The summed E-state index contributed by atoms with van der Waals surface area (Å²) >= 11 is 0. The molecule has 28 heavy (non-hydrogen) atoms. The number of hydrogen-bond acceptors (Lipinski definition) is 3. The average molecular weight is 377 g/mol. The molecule has 0 radical (unpaired) electrons. The first-order chi connectivity index (χ1) is 13.4. The average Bonchev–Trinajstić information content (AvgIpc) is 3.31. The number of fused-ring (bicyclic) bond motifs is 1. The minimum Gasteiger partial charge on any atom is -0.463 e. The van der Waals surface area contributed by atoms with Gasteiger partial charge in [-0.25, -0.2) is 4.79 Å². The zero-order valence-electron chi connectivity index (χ0n) is 17.0. The van der Waals surface area contributed by atoms with Crippen molar-refractivity contribution < 1.29 is 13.9 Å². The van der Waals surface area contributed by atoms with Gasteiger partial charge in [-0.1, -0.05) is 51.1 Å². The predicted octanol–water partition coefficient (Wildman–Crippen LogP) is 5.67. The third-order valence-electron chi connectivity index (χ3n) is 5.88. The minimum absolute atomic E-state index is 0.224. The molecule has 2 heterocycles. The summed E-state index contributed by atoms with van der Waals surface area (Å²) in [5.74, 6) is 1.08. The van der Waals surface area contributed by atoms with Crippen molar-refractivity contribution in [1.82, 2.24) is 4.57 Å². The van der Waals surface area contributed by atoms with Crippen molar-refractivity contribution >= 4 is 5.97 Å². The normalized spacial score (nSPS) is 16.6. The molecule has 146 valence electrons. The summed E-state index contributed by atoms with van der Waals surface area (Å²) in [4.78, 5) is 11.9. The molecule has 0 fully saturated rings. The van der Waals surface area contributed by atoms with Gasteiger partial charge in [0.1, 0.15) is 0 Å². The Kier molecular flexibility index (Phi) is 4.66. The van der Waals surface area contributed by atoms with E-state index in [0.29, 0.717) is 11.8 Å². The molecule has 1 unspecified atom stereocenters. The SMILES string of the molecule is COC(=O)c1ccc(-n2c(-c3ccccc3)cc3c2CCC(C(C)(C)C)C3)o1. The Labute approximate surface area is 166 Å². The number of ether oxygens (including phenoxy) is 1. The largest absolute Gasteiger partial charge is 0.463 e. The summed E-state index contributed by atoms with van der Waals surface area (Å²) in [6, 6.07) is 16.2. The second kappa shape index (κ2) is 7.01. The highest BCUT2D eigenvalue weighted by molar-refractivity contribution is 5.86. The fourth-order valence-corrected chi connectivity index (χ4v) is 4.20. The fraction of sp³-hybridized carbons (Fsp3) is 0.375. The second-order valence-corrected chi connectivity index (χ2v) is 8.64. The van der Waals surface area contributed by atoms with Crippen LogP contribution < -0.4 is 0 Å². The van der Waals surface area contributed by atoms with Gasteiger partial charge in [-0.3, -0.25) is 4.57 Å². The lowest BCUT2D eigenvalue weighted by Crippen LogP contribution is -2.27. The molecule has 4 heteroatoms. The van der Waals surface area contributed by atoms with E-state index in [1.807, 2.05) is 24.3 Å². The number of methoxy groups -OCH3 is 1. The van der Waals surface area contributed by atoms with Crippen LogP contribution in [0.25, 0.3) is 17.1 Å². The molecule has 1 aliphatic carbocycles. The van der Waals surface area contributed by atoms with Gasteiger partial charge in [0.05, 0.1) is 12.8 Å². The Bertz CT molecular complexity index is 989. The van der Waals surface area contributed by atoms with Crippen LogP contribution in [-0.2, 0) is 17.6 Å². The molecule has 4 nitrogen and oxygen atoms in total. The number of nitrogens with zero attached hydrogens (tertiary/aromatic N) is 1. The van der Waals surface area contributed by atoms with Crippen molar-refractivity contribution in [2.45, 2.75) is 40.0 Å². The highest BCUT2D eigenvalue weighted by Crippen LogP contribution is 2.41. The summed E-state index contributed by atoms with van der Waals surface area (Å²) in [7, 11) is 1.37. The molecule has 0 spiro atoms. The van der Waals surface area contributed by atoms with Gasteiger partial charge >= 0.3 is 5.97 Å². The van der Waals surface area contributed by atoms with Crippen LogP contribution in [0.15, 0.2) is 52.9 Å². The molecule has 3 aromatic rings. The molecule has 1 atom stereocenters. The molecule has 0 N–H and O–H groups in total. The van der Waals surface area contributed by atoms with Crippen LogP contribution in [0.4, 0.5) is 0 Å². The highest BCUT2D eigenvalue weighted by Gasteiger charge is 2.32. The van der Waals surface area contributed by atoms with E-state index in [4.69, 9.17) is 9.15 Å². The van der Waals surface area contributed by atoms with Crippen molar-refractivity contribution in [1.29, 1.82) is 0 Å². The number of carbonyl (C=O) groups is 1. The van der Waals surface area contributed by atoms with Crippen LogP contribution in [0.3, 0.4) is 0 Å². The maximum atomic E-state index is 11.9. The first-order valence-electron chi connectivity index (χ1n) is 9.86. The predicted molar refractivity (Wildman–Crippen MR) is 110 cm³/mol. The zero-order valence-corrected chi connectivity index (χ0v) is 17.0. The molecule has 1 aromatic carbocycles. The Morgan fingerprint density at radius 3 is 2.57 bits per heavy atom. The fourth-order valence-electron chi connectivity index (χ4n) is 4.20. The summed E-state index contributed by atoms with van der Waals surface area (Å²) < 4.78 is 12.9. The van der Waals surface area contributed by atoms with E-state index in [0.717, 1.165) is 30.5 Å². The molecule has 0 saturated heterocycles. The van der Waals surface area contributed by atoms with Gasteiger partial charge < -0.3 is 9.15 Å². The first-order valence-corrected chi connectivity index (χ1v) is 9.86. The lowest BCUT2D eigenvalue weighted by molar-refractivity contribution is 0.0565. The van der Waals surface area contributed by atoms with Gasteiger partial charge in [-0.05, 0) is 53.9 Å². The molecular weight excluding hydrogens is 350 g/mol. The summed E-state index contributed by atoms with van der Waals surface area (Å²) in [6.07, 6.45) is 3.22. The third kappa shape index (κ3) is 3.28. The van der Waals surface area contributed by atoms with Gasteiger partial charge in [-0.2, -0.15) is 0 Å². The minimum atomic E-state index is -0.457. The number of rotatable bonds is 3. The summed E-state index contributed by atoms with van der Waals surface area (Å²) in [5.41, 5.74) is 5.19. The third-order valence-corrected chi connectivity index (χ3v) is 5.88. The molecule has 1 aliphatic rings. The van der Waals surface area contributed by atoms with Crippen molar-refractivity contribution in [3.63, 3.8) is 0 Å². The second-order valence-electron chi connectivity index (χ2n) is 8.64. The maximum Gasteiger partial charge on any atom is 0.374 e. The lowest BCUT2D eigenvalue weighted by Gasteiger charge is -2.34. The van der Waals surface area contributed by atoms with Crippen LogP contribution in [-0.4, -0.2) is 17.6 Å². The van der Waals surface area contributed by atoms with E-state index < -0.39 is 5.97 Å². The number of benzene rings is 1. The molecule has 0 aliphatic heterocycles. The molecule has 0 bridgehead atoms. The van der Waals surface area contributed by atoms with E-state index in [-0.39, 0.29) is 11.2 Å². The van der Waals surface area contributed by atoms with E-state index in [1.165, 1.54) is 18.4 Å². The topological polar surface area (TPSA) is 44.4 Å². The van der Waals surface area contributed by atoms with Crippen LogP contribution >= 0.6 is 0 Å². The van der Waals surface area contributed by atoms with E-state index in [1.54, 1.807) is 6.07 Å². The number of carbonyl (C=O) groups excluding carboxylic acids is 1. The van der Waals surface area contributed by atoms with Crippen LogP contribution in [0.2, 0.25) is 0 Å². The molecule has 0 saturated carbocycles. The summed E-state index contributed by atoms with van der Waals surface area (Å²) in [5, 5.41) is 0. The molecule has 4 rings (SSSR count). The Balaban J connectivity index is 1.84. The number of esters is 1. The van der Waals surface area contributed by atoms with Crippen molar-refractivity contribution in [2.75, 3.05) is 7.11 Å². The molecular formula is C24H27NO3. The lowest BCUT2D eigenvalue weighted by atomic mass is 9.72. The zero-order chi connectivity index (χ0) is 19.9. The van der Waals surface area contributed by atoms with Crippen molar-refractivity contribution in [2.24, 2.45) is 11.3 Å². The molecule has 0 amide bonds. The van der Waals surface area contributed by atoms with Gasteiger partial charge in [0, 0.05) is 11.8 Å². The van der Waals surface area contributed by atoms with Crippen molar-refractivity contribution in [3.8, 4) is 17.1 Å². The Hall–Kier alpha value is -2.75. The monoisotopic (exact) mass is 377 g/mol. The maximum absolute atomic E-state index is 11.9. The first kappa shape index (κ1) is 18.6. The van der Waals surface area contributed by atoms with Crippen LogP contribution in [0.5, 0.6) is 0 Å². The molecule has 2 aromatic heterocycles. The standard InChI is InChI=1S/C24H27NO3/c1-24(2,3)18-10-11-19-17(14-18)15-20(16-8-6-5-7-9-16)25(19)22-13-12-21(28-22)23(26)27-4/h5-9,12-13,15,18H,10-11,14H2,1-4H3. The van der Waals surface area contributed by atoms with Crippen LogP contribution in [0, 0.1) is 11.3 Å². The smallest absolute Gasteiger partial charge is 0.374 e. The van der Waals surface area contributed by atoms with E-state index in [9.17, 15) is 4.79 Å². The number of aromatic nitrogens is 1. The van der Waals surface area contributed by atoms with E-state index in [2.05, 4.69) is 43.5 Å². The van der Waals surface area contributed by atoms with E-state index >= 15 is 0 Å². The van der Waals surface area contributed by atoms with Gasteiger partial charge in [0.25, 0.3) is 0 Å². The number of furan rings is 1. The Morgan fingerprint density at radius 2 is 1.89 bits per heavy atom. The Morgan fingerprint density at radius 1 is 1.14 bits per heavy atom. The van der Waals surface area contributed by atoms with Gasteiger partial charge in [0.2, 0.25) is 11.6 Å². The van der Waals surface area contributed by atoms with Crippen LogP contribution in [0.1, 0.15) is 49.0 Å². The quantitative estimate of drug-likeness (QED) is 0.552. The highest BCUT2D eigenvalue weighted by atomic mass is 16.5. The van der Waals surface area contributed by atoms with Gasteiger partial charge in [-0.15, -0.1) is 0 Å². The van der Waals surface area contributed by atoms with Gasteiger partial charge in [0.15, 0.2) is 0 Å². The van der Waals surface area contributed by atoms with Crippen molar-refractivity contribution in [3.05, 3.63) is 65.5 Å².